The van der Waals surface area contributed by atoms with Crippen LogP contribution in [0.15, 0.2) is 48.5 Å². The number of carbonyl (C=O) groups is 1. The number of thioether (sulfide) groups is 1. The normalized spacial score (nSPS) is 12.5. The van der Waals surface area contributed by atoms with Gasteiger partial charge in [0, 0.05) is 5.75 Å². The number of hydrogen-bond donors (Lipinski definition) is 1. The van der Waals surface area contributed by atoms with Crippen LogP contribution in [0.3, 0.4) is 0 Å². The summed E-state index contributed by atoms with van der Waals surface area (Å²) in [5, 5.41) is 1.86. The number of anilines is 1. The molecular weight excluding hydrogens is 363 g/mol. The van der Waals surface area contributed by atoms with Gasteiger partial charge in [-0.05, 0) is 43.7 Å². The molecule has 2 rings (SSSR count). The second-order valence-corrected chi connectivity index (χ2v) is 7.16. The summed E-state index contributed by atoms with van der Waals surface area (Å²) in [4.78, 5) is 12.2. The van der Waals surface area contributed by atoms with E-state index in [1.165, 1.54) is 30.0 Å². The number of carbonyl (C=O) groups excluding carboxylic acids is 1. The molecule has 140 valence electrons. The van der Waals surface area contributed by atoms with Gasteiger partial charge in [0.05, 0.1) is 23.1 Å². The van der Waals surface area contributed by atoms with Gasteiger partial charge in [-0.25, -0.2) is 0 Å². The lowest BCUT2D eigenvalue weighted by Gasteiger charge is -2.16. The maximum atomic E-state index is 13.0. The number of halogens is 3. The van der Waals surface area contributed by atoms with Gasteiger partial charge in [0.2, 0.25) is 5.91 Å². The molecule has 1 atom stereocenters. The number of hydrogen-bond acceptors (Lipinski definition) is 3. The van der Waals surface area contributed by atoms with Crippen LogP contribution in [0.2, 0.25) is 0 Å². The van der Waals surface area contributed by atoms with E-state index in [1.807, 2.05) is 31.2 Å². The van der Waals surface area contributed by atoms with Gasteiger partial charge >= 0.3 is 6.18 Å². The largest absolute Gasteiger partial charge is 0.493 e. The van der Waals surface area contributed by atoms with Crippen LogP contribution in [0.1, 0.15) is 18.1 Å². The van der Waals surface area contributed by atoms with E-state index in [9.17, 15) is 18.0 Å². The summed E-state index contributed by atoms with van der Waals surface area (Å²) in [6, 6.07) is 12.6. The smallest absolute Gasteiger partial charge is 0.418 e. The summed E-state index contributed by atoms with van der Waals surface area (Å²) in [7, 11) is 0. The van der Waals surface area contributed by atoms with E-state index in [2.05, 4.69) is 5.32 Å². The third kappa shape index (κ3) is 5.98. The zero-order valence-corrected chi connectivity index (χ0v) is 15.3. The number of aryl methyl sites for hydroxylation is 1. The molecule has 0 aliphatic rings. The van der Waals surface area contributed by atoms with E-state index >= 15 is 0 Å². The average molecular weight is 383 g/mol. The molecule has 1 unspecified atom stereocenters. The quantitative estimate of drug-likeness (QED) is 0.672. The van der Waals surface area contributed by atoms with E-state index < -0.39 is 22.9 Å². The SMILES string of the molecule is Cc1cccc(OCCSC(C)C(=O)Nc2ccccc2C(F)(F)F)c1. The number of rotatable bonds is 7. The zero-order chi connectivity index (χ0) is 19.2. The number of ether oxygens (including phenoxy) is 1. The van der Waals surface area contributed by atoms with Crippen molar-refractivity contribution in [1.29, 1.82) is 0 Å². The minimum Gasteiger partial charge on any atom is -0.493 e. The molecule has 0 aliphatic heterocycles. The first-order chi connectivity index (χ1) is 12.3. The second kappa shape index (κ2) is 8.98. The molecule has 0 heterocycles. The molecule has 0 saturated heterocycles. The van der Waals surface area contributed by atoms with E-state index in [-0.39, 0.29) is 5.69 Å². The summed E-state index contributed by atoms with van der Waals surface area (Å²) in [5.41, 5.74) is 0.00743. The van der Waals surface area contributed by atoms with Gasteiger partial charge in [0.1, 0.15) is 5.75 Å². The minimum atomic E-state index is -4.51. The topological polar surface area (TPSA) is 38.3 Å². The fourth-order valence-corrected chi connectivity index (χ4v) is 2.98. The first-order valence-electron chi connectivity index (χ1n) is 8.05. The Labute approximate surface area is 154 Å². The molecule has 3 nitrogen and oxygen atoms in total. The van der Waals surface area contributed by atoms with Crippen LogP contribution in [0, 0.1) is 6.92 Å². The van der Waals surface area contributed by atoms with Crippen molar-refractivity contribution in [2.45, 2.75) is 25.3 Å². The summed E-state index contributed by atoms with van der Waals surface area (Å²) in [6.45, 7) is 4.03. The third-order valence-electron chi connectivity index (χ3n) is 3.57. The van der Waals surface area contributed by atoms with Crippen molar-refractivity contribution < 1.29 is 22.7 Å². The molecular formula is C19H20F3NO2S. The molecule has 0 bridgehead atoms. The highest BCUT2D eigenvalue weighted by molar-refractivity contribution is 8.00. The average Bonchev–Trinajstić information content (AvgIpc) is 2.58. The molecule has 0 spiro atoms. The van der Waals surface area contributed by atoms with Crippen molar-refractivity contribution in [2.24, 2.45) is 0 Å². The Morgan fingerprint density at radius 3 is 2.62 bits per heavy atom. The van der Waals surface area contributed by atoms with Gasteiger partial charge in [0.15, 0.2) is 0 Å². The van der Waals surface area contributed by atoms with Gasteiger partial charge in [-0.3, -0.25) is 4.79 Å². The molecule has 2 aromatic rings. The molecule has 26 heavy (non-hydrogen) atoms. The van der Waals surface area contributed by atoms with Crippen molar-refractivity contribution in [3.8, 4) is 5.75 Å². The van der Waals surface area contributed by atoms with E-state index in [0.29, 0.717) is 12.4 Å². The molecule has 1 N–H and O–H groups in total. The molecule has 0 radical (unpaired) electrons. The van der Waals surface area contributed by atoms with Crippen LogP contribution in [-0.4, -0.2) is 23.5 Å². The van der Waals surface area contributed by atoms with E-state index in [4.69, 9.17) is 4.74 Å². The Bertz CT molecular complexity index is 750. The lowest BCUT2D eigenvalue weighted by Crippen LogP contribution is -2.25. The minimum absolute atomic E-state index is 0.228. The Kier molecular flexibility index (Phi) is 6.97. The molecule has 0 aromatic heterocycles. The standard InChI is InChI=1S/C19H20F3NO2S/c1-13-6-5-7-15(12-13)25-10-11-26-14(2)18(24)23-17-9-4-3-8-16(17)19(20,21)22/h3-9,12,14H,10-11H2,1-2H3,(H,23,24). The Morgan fingerprint density at radius 1 is 1.19 bits per heavy atom. The number of alkyl halides is 3. The van der Waals surface area contributed by atoms with Gasteiger partial charge in [-0.15, -0.1) is 11.8 Å². The molecule has 0 saturated carbocycles. The summed E-state index contributed by atoms with van der Waals surface area (Å²) < 4.78 is 44.5. The van der Waals surface area contributed by atoms with Crippen LogP contribution in [-0.2, 0) is 11.0 Å². The zero-order valence-electron chi connectivity index (χ0n) is 14.5. The Morgan fingerprint density at radius 2 is 1.92 bits per heavy atom. The van der Waals surface area contributed by atoms with Gasteiger partial charge in [-0.1, -0.05) is 24.3 Å². The molecule has 0 fully saturated rings. The van der Waals surface area contributed by atoms with Crippen molar-refractivity contribution >= 4 is 23.4 Å². The Balaban J connectivity index is 1.83. The highest BCUT2D eigenvalue weighted by Gasteiger charge is 2.33. The van der Waals surface area contributed by atoms with Gasteiger partial charge in [-0.2, -0.15) is 13.2 Å². The van der Waals surface area contributed by atoms with Crippen molar-refractivity contribution in [1.82, 2.24) is 0 Å². The number of benzene rings is 2. The summed E-state index contributed by atoms with van der Waals surface area (Å²) in [6.07, 6.45) is -4.51. The molecule has 2 aromatic carbocycles. The van der Waals surface area contributed by atoms with E-state index in [0.717, 1.165) is 17.4 Å². The van der Waals surface area contributed by atoms with Gasteiger partial charge < -0.3 is 10.1 Å². The summed E-state index contributed by atoms with van der Waals surface area (Å²) in [5.74, 6) is 0.827. The summed E-state index contributed by atoms with van der Waals surface area (Å²) >= 11 is 1.32. The lowest BCUT2D eigenvalue weighted by atomic mass is 10.1. The Hall–Kier alpha value is -2.15. The molecule has 0 aliphatic carbocycles. The van der Waals surface area contributed by atoms with Crippen LogP contribution in [0.25, 0.3) is 0 Å². The maximum absolute atomic E-state index is 13.0. The first kappa shape index (κ1) is 20.2. The van der Waals surface area contributed by atoms with Crippen LogP contribution in [0.4, 0.5) is 18.9 Å². The van der Waals surface area contributed by atoms with Crippen molar-refractivity contribution in [3.63, 3.8) is 0 Å². The highest BCUT2D eigenvalue weighted by Crippen LogP contribution is 2.34. The number of nitrogens with one attached hydrogen (secondary N) is 1. The fourth-order valence-electron chi connectivity index (χ4n) is 2.24. The number of para-hydroxylation sites is 1. The molecule has 1 amide bonds. The monoisotopic (exact) mass is 383 g/mol. The van der Waals surface area contributed by atoms with Crippen LogP contribution in [0.5, 0.6) is 5.75 Å². The second-order valence-electron chi connectivity index (χ2n) is 5.71. The van der Waals surface area contributed by atoms with Crippen molar-refractivity contribution in [3.05, 3.63) is 59.7 Å². The van der Waals surface area contributed by atoms with Crippen LogP contribution < -0.4 is 10.1 Å². The highest BCUT2D eigenvalue weighted by atomic mass is 32.2. The van der Waals surface area contributed by atoms with E-state index in [1.54, 1.807) is 6.92 Å². The van der Waals surface area contributed by atoms with Crippen LogP contribution >= 0.6 is 11.8 Å². The third-order valence-corrected chi connectivity index (χ3v) is 4.69. The fraction of sp³-hybridized carbons (Fsp3) is 0.316. The lowest BCUT2D eigenvalue weighted by molar-refractivity contribution is -0.137. The predicted octanol–water partition coefficient (Wildman–Crippen LogP) is 5.15. The van der Waals surface area contributed by atoms with Gasteiger partial charge in [0.25, 0.3) is 0 Å². The first-order valence-corrected chi connectivity index (χ1v) is 9.10. The predicted molar refractivity (Wildman–Crippen MR) is 98.7 cm³/mol. The number of amides is 1. The molecule has 7 heteroatoms. The van der Waals surface area contributed by atoms with Crippen molar-refractivity contribution in [2.75, 3.05) is 17.7 Å². The maximum Gasteiger partial charge on any atom is 0.418 e.